The Morgan fingerprint density at radius 1 is 1.21 bits per heavy atom. The van der Waals surface area contributed by atoms with E-state index in [0.717, 1.165) is 22.2 Å². The highest BCUT2D eigenvalue weighted by molar-refractivity contribution is 5.89. The Balaban J connectivity index is 2.17. The van der Waals surface area contributed by atoms with Gasteiger partial charge in [0.1, 0.15) is 5.69 Å². The first-order valence-corrected chi connectivity index (χ1v) is 6.10. The Kier molecular flexibility index (Phi) is 2.57. The van der Waals surface area contributed by atoms with E-state index < -0.39 is 5.54 Å². The van der Waals surface area contributed by atoms with Crippen LogP contribution in [0.25, 0.3) is 16.5 Å². The second kappa shape index (κ2) is 4.13. The van der Waals surface area contributed by atoms with Gasteiger partial charge in [-0.25, -0.2) is 4.68 Å². The molecule has 0 fully saturated rings. The zero-order valence-corrected chi connectivity index (χ0v) is 10.9. The fourth-order valence-corrected chi connectivity index (χ4v) is 1.98. The Hall–Kier alpha value is -2.27. The Bertz CT molecular complexity index is 719. The van der Waals surface area contributed by atoms with E-state index in [1.165, 1.54) is 0 Å². The lowest BCUT2D eigenvalue weighted by Gasteiger charge is -2.13. The molecule has 0 aliphatic carbocycles. The number of hydrogen-bond donors (Lipinski definition) is 1. The van der Waals surface area contributed by atoms with Gasteiger partial charge in [-0.05, 0) is 26.0 Å². The summed E-state index contributed by atoms with van der Waals surface area (Å²) in [6.07, 6.45) is 5.48. The fraction of sp³-hybridized carbons (Fsp3) is 0.214. The van der Waals surface area contributed by atoms with Crippen LogP contribution in [0.3, 0.4) is 0 Å². The molecule has 0 radical (unpaired) electrons. The molecule has 0 saturated carbocycles. The van der Waals surface area contributed by atoms with Crippen molar-refractivity contribution in [3.63, 3.8) is 0 Å². The van der Waals surface area contributed by atoms with Gasteiger partial charge >= 0.3 is 0 Å². The normalized spacial score (nSPS) is 11.9. The minimum absolute atomic E-state index is 0.496. The largest absolute Gasteiger partial charge is 0.320 e. The van der Waals surface area contributed by atoms with Crippen LogP contribution in [0.1, 0.15) is 19.5 Å². The maximum absolute atomic E-state index is 6.03. The van der Waals surface area contributed by atoms with E-state index in [0.29, 0.717) is 0 Å². The summed E-state index contributed by atoms with van der Waals surface area (Å²) in [5.41, 5.74) is 7.28. The molecule has 0 aliphatic rings. The molecule has 2 aromatic heterocycles. The fourth-order valence-electron chi connectivity index (χ4n) is 1.98. The smallest absolute Gasteiger partial charge is 0.102 e. The molecule has 0 aliphatic heterocycles. The minimum Gasteiger partial charge on any atom is -0.320 e. The first kappa shape index (κ1) is 11.8. The summed E-state index contributed by atoms with van der Waals surface area (Å²) in [6, 6.07) is 7.98. The van der Waals surface area contributed by atoms with E-state index in [-0.39, 0.29) is 0 Å². The molecular weight excluding hydrogens is 238 g/mol. The van der Waals surface area contributed by atoms with E-state index in [1.54, 1.807) is 10.9 Å². The van der Waals surface area contributed by atoms with Gasteiger partial charge in [-0.1, -0.05) is 17.3 Å². The highest BCUT2D eigenvalue weighted by Crippen LogP contribution is 2.22. The van der Waals surface area contributed by atoms with Crippen molar-refractivity contribution in [3.8, 4) is 5.69 Å². The highest BCUT2D eigenvalue weighted by Gasteiger charge is 2.19. The summed E-state index contributed by atoms with van der Waals surface area (Å²) in [7, 11) is 0. The number of nitrogens with zero attached hydrogens (tertiary/aromatic N) is 4. The predicted molar refractivity (Wildman–Crippen MR) is 73.9 cm³/mol. The lowest BCUT2D eigenvalue weighted by atomic mass is 10.0. The van der Waals surface area contributed by atoms with Crippen LogP contribution < -0.4 is 5.73 Å². The Morgan fingerprint density at radius 2 is 2.05 bits per heavy atom. The molecular formula is C14H15N5. The number of fused-ring (bicyclic) bond motifs is 1. The molecule has 3 aromatic rings. The van der Waals surface area contributed by atoms with Crippen molar-refractivity contribution in [1.29, 1.82) is 0 Å². The Labute approximate surface area is 111 Å². The molecule has 2 heterocycles. The highest BCUT2D eigenvalue weighted by atomic mass is 15.4. The van der Waals surface area contributed by atoms with Crippen LogP contribution in [0.2, 0.25) is 0 Å². The number of nitrogens with two attached hydrogens (primary N) is 1. The summed E-state index contributed by atoms with van der Waals surface area (Å²) in [6.45, 7) is 3.82. The van der Waals surface area contributed by atoms with Gasteiger partial charge in [0.05, 0.1) is 17.4 Å². The van der Waals surface area contributed by atoms with Crippen molar-refractivity contribution in [2.45, 2.75) is 19.4 Å². The number of benzene rings is 1. The summed E-state index contributed by atoms with van der Waals surface area (Å²) < 4.78 is 1.76. The van der Waals surface area contributed by atoms with E-state index in [4.69, 9.17) is 5.73 Å². The van der Waals surface area contributed by atoms with E-state index in [1.807, 2.05) is 50.5 Å². The lowest BCUT2D eigenvalue weighted by molar-refractivity contribution is 0.533. The molecule has 0 amide bonds. The zero-order chi connectivity index (χ0) is 13.5. The molecule has 0 saturated heterocycles. The molecule has 96 valence electrons. The van der Waals surface area contributed by atoms with E-state index >= 15 is 0 Å². The van der Waals surface area contributed by atoms with Crippen molar-refractivity contribution >= 4 is 10.8 Å². The van der Waals surface area contributed by atoms with Crippen molar-refractivity contribution in [2.75, 3.05) is 0 Å². The van der Waals surface area contributed by atoms with Crippen molar-refractivity contribution < 1.29 is 0 Å². The van der Waals surface area contributed by atoms with Gasteiger partial charge in [-0.2, -0.15) is 0 Å². The third-order valence-electron chi connectivity index (χ3n) is 3.06. The van der Waals surface area contributed by atoms with Gasteiger partial charge in [0.2, 0.25) is 0 Å². The van der Waals surface area contributed by atoms with Gasteiger partial charge in [-0.3, -0.25) is 4.98 Å². The van der Waals surface area contributed by atoms with E-state index in [2.05, 4.69) is 15.3 Å². The second-order valence-electron chi connectivity index (χ2n) is 5.14. The average molecular weight is 253 g/mol. The number of pyridine rings is 1. The zero-order valence-electron chi connectivity index (χ0n) is 10.9. The molecule has 0 atom stereocenters. The molecule has 0 bridgehead atoms. The van der Waals surface area contributed by atoms with Gasteiger partial charge in [0, 0.05) is 23.2 Å². The van der Waals surface area contributed by atoms with Gasteiger partial charge in [0.15, 0.2) is 0 Å². The summed E-state index contributed by atoms with van der Waals surface area (Å²) in [4.78, 5) is 4.13. The van der Waals surface area contributed by atoms with Gasteiger partial charge < -0.3 is 5.73 Å². The number of rotatable bonds is 2. The second-order valence-corrected chi connectivity index (χ2v) is 5.14. The summed E-state index contributed by atoms with van der Waals surface area (Å²) in [5, 5.41) is 10.5. The van der Waals surface area contributed by atoms with Gasteiger partial charge in [0.25, 0.3) is 0 Å². The maximum Gasteiger partial charge on any atom is 0.102 e. The van der Waals surface area contributed by atoms with Crippen LogP contribution in [0, 0.1) is 0 Å². The third-order valence-corrected chi connectivity index (χ3v) is 3.06. The average Bonchev–Trinajstić information content (AvgIpc) is 2.87. The lowest BCUT2D eigenvalue weighted by Crippen LogP contribution is -2.29. The SMILES string of the molecule is CC(C)(N)c1cn(-c2cccc3cnccc23)nn1. The van der Waals surface area contributed by atoms with Crippen LogP contribution in [-0.4, -0.2) is 20.0 Å². The monoisotopic (exact) mass is 253 g/mol. The topological polar surface area (TPSA) is 69.6 Å². The number of aromatic nitrogens is 4. The summed E-state index contributed by atoms with van der Waals surface area (Å²) in [5.74, 6) is 0. The minimum atomic E-state index is -0.496. The van der Waals surface area contributed by atoms with Crippen molar-refractivity contribution in [3.05, 3.63) is 48.5 Å². The van der Waals surface area contributed by atoms with Crippen LogP contribution in [0.15, 0.2) is 42.9 Å². The third kappa shape index (κ3) is 2.08. The molecule has 0 unspecified atom stereocenters. The maximum atomic E-state index is 6.03. The van der Waals surface area contributed by atoms with Crippen molar-refractivity contribution in [2.24, 2.45) is 5.73 Å². The molecule has 0 spiro atoms. The van der Waals surface area contributed by atoms with Gasteiger partial charge in [-0.15, -0.1) is 5.10 Å². The number of hydrogen-bond acceptors (Lipinski definition) is 4. The summed E-state index contributed by atoms with van der Waals surface area (Å²) >= 11 is 0. The first-order valence-electron chi connectivity index (χ1n) is 6.10. The Morgan fingerprint density at radius 3 is 2.79 bits per heavy atom. The van der Waals surface area contributed by atoms with Crippen molar-refractivity contribution in [1.82, 2.24) is 20.0 Å². The van der Waals surface area contributed by atoms with Crippen LogP contribution >= 0.6 is 0 Å². The first-order chi connectivity index (χ1) is 9.05. The molecule has 5 nitrogen and oxygen atoms in total. The van der Waals surface area contributed by atoms with Crippen LogP contribution in [-0.2, 0) is 5.54 Å². The quantitative estimate of drug-likeness (QED) is 0.758. The van der Waals surface area contributed by atoms with Crippen LogP contribution in [0.4, 0.5) is 0 Å². The predicted octanol–water partition coefficient (Wildman–Crippen LogP) is 2.01. The molecule has 2 N–H and O–H groups in total. The standard InChI is InChI=1S/C14H15N5/c1-14(2,15)13-9-19(18-17-13)12-5-3-4-10-8-16-7-6-11(10)12/h3-9H,15H2,1-2H3. The molecule has 3 rings (SSSR count). The van der Waals surface area contributed by atoms with E-state index in [9.17, 15) is 0 Å². The van der Waals surface area contributed by atoms with Crippen LogP contribution in [0.5, 0.6) is 0 Å². The molecule has 19 heavy (non-hydrogen) atoms. The molecule has 5 heteroatoms. The molecule has 1 aromatic carbocycles.